The molecule has 0 unspecified atom stereocenters. The van der Waals surface area contributed by atoms with Crippen LogP contribution in [0.1, 0.15) is 20.8 Å². The van der Waals surface area contributed by atoms with Gasteiger partial charge in [-0.1, -0.05) is 45.2 Å². The molecule has 10 heavy (non-hydrogen) atoms. The van der Waals surface area contributed by atoms with Gasteiger partial charge in [0.2, 0.25) is 0 Å². The lowest BCUT2D eigenvalue weighted by Gasteiger charge is -2.18. The Kier molecular flexibility index (Phi) is 3.91. The van der Waals surface area contributed by atoms with Gasteiger partial charge in [-0.05, 0) is 17.1 Å². The lowest BCUT2D eigenvalue weighted by molar-refractivity contribution is 0.528. The Hall–Kier alpha value is -0.0800. The van der Waals surface area contributed by atoms with E-state index in [-0.39, 0.29) is 5.41 Å². The van der Waals surface area contributed by atoms with Gasteiger partial charge in [0, 0.05) is 10.7 Å². The largest absolute Gasteiger partial charge is 0.0887 e. The van der Waals surface area contributed by atoms with Gasteiger partial charge in [-0.3, -0.25) is 0 Å². The van der Waals surface area contributed by atoms with Crippen LogP contribution in [-0.4, -0.2) is 10.7 Å². The number of allylic oxidation sites excluding steroid dienone is 2. The fourth-order valence-electron chi connectivity index (χ4n) is 0.539. The van der Waals surface area contributed by atoms with Gasteiger partial charge in [-0.2, -0.15) is 0 Å². The molecular formula is C8H12S2. The minimum absolute atomic E-state index is 0.122. The molecule has 0 heterocycles. The highest BCUT2D eigenvalue weighted by Crippen LogP contribution is 2.22. The monoisotopic (exact) mass is 172 g/mol. The van der Waals surface area contributed by atoms with Gasteiger partial charge in [-0.15, -0.1) is 0 Å². The van der Waals surface area contributed by atoms with Gasteiger partial charge in [0.15, 0.2) is 0 Å². The van der Waals surface area contributed by atoms with Gasteiger partial charge in [0.25, 0.3) is 0 Å². The fraction of sp³-hybridized carbons (Fsp3) is 0.500. The molecule has 0 aliphatic heterocycles. The van der Waals surface area contributed by atoms with Crippen LogP contribution in [0.3, 0.4) is 0 Å². The third kappa shape index (κ3) is 3.18. The summed E-state index contributed by atoms with van der Waals surface area (Å²) in [5.74, 6) is 0. The van der Waals surface area contributed by atoms with Crippen LogP contribution in [0, 0.1) is 5.41 Å². The van der Waals surface area contributed by atoms with Crippen LogP contribution in [-0.2, 0) is 0 Å². The first-order valence-corrected chi connectivity index (χ1v) is 4.07. The second-order valence-corrected chi connectivity index (χ2v) is 3.63. The van der Waals surface area contributed by atoms with E-state index in [1.807, 2.05) is 6.08 Å². The van der Waals surface area contributed by atoms with Crippen molar-refractivity contribution in [3.05, 3.63) is 11.6 Å². The minimum Gasteiger partial charge on any atom is -0.0887 e. The highest BCUT2D eigenvalue weighted by molar-refractivity contribution is 7.79. The van der Waals surface area contributed by atoms with E-state index in [0.717, 1.165) is 5.57 Å². The maximum atomic E-state index is 4.83. The van der Waals surface area contributed by atoms with Crippen molar-refractivity contribution in [3.63, 3.8) is 0 Å². The van der Waals surface area contributed by atoms with E-state index < -0.39 is 0 Å². The van der Waals surface area contributed by atoms with E-state index in [1.54, 1.807) is 10.7 Å². The van der Waals surface area contributed by atoms with E-state index in [2.05, 4.69) is 20.8 Å². The molecular weight excluding hydrogens is 160 g/mol. The molecule has 0 aliphatic carbocycles. The number of hydrogen-bond donors (Lipinski definition) is 0. The summed E-state index contributed by atoms with van der Waals surface area (Å²) in [6.07, 6.45) is 1.88. The van der Waals surface area contributed by atoms with Crippen LogP contribution in [0.2, 0.25) is 0 Å². The van der Waals surface area contributed by atoms with Crippen LogP contribution >= 0.6 is 24.4 Å². The van der Waals surface area contributed by atoms with Crippen LogP contribution in [0.25, 0.3) is 0 Å². The summed E-state index contributed by atoms with van der Waals surface area (Å²) in [6.45, 7) is 6.33. The predicted molar refractivity (Wildman–Crippen MR) is 54.8 cm³/mol. The fourth-order valence-corrected chi connectivity index (χ4v) is 1.12. The van der Waals surface area contributed by atoms with Crippen molar-refractivity contribution < 1.29 is 0 Å². The first-order valence-electron chi connectivity index (χ1n) is 3.13. The Morgan fingerprint density at radius 2 is 1.70 bits per heavy atom. The first kappa shape index (κ1) is 9.92. The highest BCUT2D eigenvalue weighted by Gasteiger charge is 2.13. The van der Waals surface area contributed by atoms with Gasteiger partial charge in [0.1, 0.15) is 0 Å². The molecule has 0 nitrogen and oxygen atoms in total. The molecule has 0 rings (SSSR count). The smallest absolute Gasteiger partial charge is 0.00512 e. The van der Waals surface area contributed by atoms with Gasteiger partial charge < -0.3 is 0 Å². The second-order valence-electron chi connectivity index (χ2n) is 3.13. The van der Waals surface area contributed by atoms with Crippen LogP contribution < -0.4 is 0 Å². The topological polar surface area (TPSA) is 0 Å². The molecule has 56 valence electrons. The lowest BCUT2D eigenvalue weighted by Crippen LogP contribution is -2.09. The Bertz CT molecular complexity index is 161. The van der Waals surface area contributed by atoms with E-state index in [1.165, 1.54) is 0 Å². The summed E-state index contributed by atoms with van der Waals surface area (Å²) < 4.78 is 0. The summed E-state index contributed by atoms with van der Waals surface area (Å²) in [7, 11) is 0. The molecule has 0 radical (unpaired) electrons. The molecule has 0 bridgehead atoms. The number of rotatable bonds is 2. The molecule has 0 spiro atoms. The van der Waals surface area contributed by atoms with E-state index >= 15 is 0 Å². The molecule has 0 aromatic heterocycles. The molecule has 0 N–H and O–H groups in total. The van der Waals surface area contributed by atoms with E-state index in [0.29, 0.717) is 0 Å². The van der Waals surface area contributed by atoms with Crippen molar-refractivity contribution in [2.75, 3.05) is 0 Å². The summed E-state index contributed by atoms with van der Waals surface area (Å²) in [6, 6.07) is 0. The average Bonchev–Trinajstić information content (AvgIpc) is 1.80. The average molecular weight is 172 g/mol. The Morgan fingerprint density at radius 1 is 1.20 bits per heavy atom. The normalized spacial score (nSPS) is 12.9. The molecule has 0 aliphatic rings. The van der Waals surface area contributed by atoms with Crippen molar-refractivity contribution in [2.24, 2.45) is 5.41 Å². The van der Waals surface area contributed by atoms with Crippen LogP contribution in [0.4, 0.5) is 0 Å². The maximum absolute atomic E-state index is 4.83. The van der Waals surface area contributed by atoms with Crippen molar-refractivity contribution in [1.29, 1.82) is 0 Å². The summed E-state index contributed by atoms with van der Waals surface area (Å²) in [4.78, 5) is 0. The van der Waals surface area contributed by atoms with Crippen LogP contribution in [0.15, 0.2) is 11.6 Å². The SMILES string of the molecule is CC(C)(C)/C(C=S)=C/C=S. The predicted octanol–water partition coefficient (Wildman–Crippen LogP) is 2.96. The first-order chi connectivity index (χ1) is 4.52. The van der Waals surface area contributed by atoms with Gasteiger partial charge >= 0.3 is 0 Å². The number of thiocarbonyl (C=S) groups is 2. The van der Waals surface area contributed by atoms with E-state index in [9.17, 15) is 0 Å². The Balaban J connectivity index is 4.51. The van der Waals surface area contributed by atoms with Crippen molar-refractivity contribution in [2.45, 2.75) is 20.8 Å². The molecule has 0 amide bonds. The quantitative estimate of drug-likeness (QED) is 0.464. The lowest BCUT2D eigenvalue weighted by atomic mass is 9.88. The van der Waals surface area contributed by atoms with Crippen LogP contribution in [0.5, 0.6) is 0 Å². The summed E-state index contributed by atoms with van der Waals surface area (Å²) in [5, 5.41) is 3.28. The van der Waals surface area contributed by atoms with Crippen molar-refractivity contribution >= 4 is 35.2 Å². The molecule has 0 aromatic carbocycles. The van der Waals surface area contributed by atoms with Crippen molar-refractivity contribution in [3.8, 4) is 0 Å². The zero-order valence-electron chi connectivity index (χ0n) is 6.55. The molecule has 0 atom stereocenters. The zero-order chi connectivity index (χ0) is 8.20. The third-order valence-corrected chi connectivity index (χ3v) is 1.63. The maximum Gasteiger partial charge on any atom is 0.00512 e. The second kappa shape index (κ2) is 3.94. The standard InChI is InChI=1S/C8H12S2/c1-8(2,3)7(6-10)4-5-9/h4-6H,1-3H3/b7-4+. The van der Waals surface area contributed by atoms with Crippen molar-refractivity contribution in [1.82, 2.24) is 0 Å². The Labute approximate surface area is 73.3 Å². The Morgan fingerprint density at radius 3 is 1.80 bits per heavy atom. The van der Waals surface area contributed by atoms with Gasteiger partial charge in [-0.25, -0.2) is 0 Å². The van der Waals surface area contributed by atoms with E-state index in [4.69, 9.17) is 24.4 Å². The highest BCUT2D eigenvalue weighted by atomic mass is 32.1. The molecule has 0 fully saturated rings. The number of hydrogen-bond acceptors (Lipinski definition) is 2. The third-order valence-electron chi connectivity index (χ3n) is 1.24. The summed E-state index contributed by atoms with van der Waals surface area (Å²) >= 11 is 9.52. The molecule has 0 saturated carbocycles. The molecule has 0 aromatic rings. The minimum atomic E-state index is 0.122. The summed E-state index contributed by atoms with van der Waals surface area (Å²) in [5.41, 5.74) is 1.23. The van der Waals surface area contributed by atoms with Gasteiger partial charge in [0.05, 0.1) is 0 Å². The molecule has 0 saturated heterocycles. The zero-order valence-corrected chi connectivity index (χ0v) is 8.18. The molecule has 2 heteroatoms.